The Bertz CT molecular complexity index is 699. The Kier molecular flexibility index (Phi) is 4.00. The molecule has 1 amide bonds. The normalized spacial score (nSPS) is 14.5. The van der Waals surface area contributed by atoms with Gasteiger partial charge >= 0.3 is 0 Å². The zero-order chi connectivity index (χ0) is 15.7. The molecule has 6 heteroatoms. The van der Waals surface area contributed by atoms with Crippen molar-refractivity contribution < 1.29 is 9.21 Å². The summed E-state index contributed by atoms with van der Waals surface area (Å²) in [4.78, 5) is 12.4. The molecule has 3 heterocycles. The summed E-state index contributed by atoms with van der Waals surface area (Å²) in [7, 11) is 0. The minimum absolute atomic E-state index is 0.113. The maximum absolute atomic E-state index is 12.4. The molecule has 3 rings (SSSR count). The molecular weight excluding hydrogens is 280 g/mol. The van der Waals surface area contributed by atoms with E-state index in [1.807, 2.05) is 20.8 Å². The molecule has 2 aromatic rings. The van der Waals surface area contributed by atoms with E-state index in [-0.39, 0.29) is 5.91 Å². The molecule has 0 bridgehead atoms. The molecule has 0 spiro atoms. The summed E-state index contributed by atoms with van der Waals surface area (Å²) >= 11 is 0. The summed E-state index contributed by atoms with van der Waals surface area (Å²) in [6.07, 6.45) is 4.50. The number of furan rings is 1. The van der Waals surface area contributed by atoms with Crippen LogP contribution in [0.15, 0.2) is 4.42 Å². The van der Waals surface area contributed by atoms with Gasteiger partial charge in [-0.3, -0.25) is 4.79 Å². The molecule has 0 aliphatic carbocycles. The lowest BCUT2D eigenvalue weighted by atomic mass is 10.1. The second kappa shape index (κ2) is 5.94. The fourth-order valence-corrected chi connectivity index (χ4v) is 3.05. The number of hydrogen-bond donors (Lipinski definition) is 1. The molecule has 0 radical (unpaired) electrons. The van der Waals surface area contributed by atoms with Crippen LogP contribution in [0.25, 0.3) is 0 Å². The van der Waals surface area contributed by atoms with E-state index >= 15 is 0 Å². The van der Waals surface area contributed by atoms with Gasteiger partial charge in [0.15, 0.2) is 5.82 Å². The third-order valence-electron chi connectivity index (χ3n) is 4.38. The average molecular weight is 302 g/mol. The first-order chi connectivity index (χ1) is 10.6. The van der Waals surface area contributed by atoms with Gasteiger partial charge in [0.25, 0.3) is 5.91 Å². The molecule has 0 saturated carbocycles. The van der Waals surface area contributed by atoms with E-state index in [9.17, 15) is 4.79 Å². The van der Waals surface area contributed by atoms with Gasteiger partial charge in [-0.25, -0.2) is 0 Å². The van der Waals surface area contributed by atoms with Crippen molar-refractivity contribution in [1.29, 1.82) is 0 Å². The van der Waals surface area contributed by atoms with Crippen molar-refractivity contribution in [3.05, 3.63) is 34.3 Å². The molecule has 1 aliphatic heterocycles. The van der Waals surface area contributed by atoms with Crippen LogP contribution in [0, 0.1) is 20.8 Å². The van der Waals surface area contributed by atoms with Crippen molar-refractivity contribution in [2.24, 2.45) is 0 Å². The summed E-state index contributed by atoms with van der Waals surface area (Å²) in [5, 5.41) is 11.4. The molecule has 118 valence electrons. The van der Waals surface area contributed by atoms with Crippen LogP contribution in [0.2, 0.25) is 0 Å². The number of rotatable bonds is 3. The average Bonchev–Trinajstić information content (AvgIpc) is 2.87. The van der Waals surface area contributed by atoms with Crippen LogP contribution >= 0.6 is 0 Å². The first-order valence-corrected chi connectivity index (χ1v) is 7.83. The first-order valence-electron chi connectivity index (χ1n) is 7.83. The molecule has 0 fully saturated rings. The number of carbonyl (C=O) groups is 1. The van der Waals surface area contributed by atoms with Crippen LogP contribution in [0.3, 0.4) is 0 Å². The molecule has 1 N–H and O–H groups in total. The molecule has 22 heavy (non-hydrogen) atoms. The number of fused-ring (bicyclic) bond motifs is 1. The van der Waals surface area contributed by atoms with Crippen LogP contribution < -0.4 is 5.32 Å². The lowest BCUT2D eigenvalue weighted by molar-refractivity contribution is 0.0947. The van der Waals surface area contributed by atoms with Crippen molar-refractivity contribution in [1.82, 2.24) is 20.1 Å². The van der Waals surface area contributed by atoms with E-state index < -0.39 is 0 Å². The monoisotopic (exact) mass is 302 g/mol. The second-order valence-electron chi connectivity index (χ2n) is 5.89. The number of nitrogens with one attached hydrogen (secondary N) is 1. The van der Waals surface area contributed by atoms with E-state index in [0.29, 0.717) is 17.9 Å². The molecule has 2 aromatic heterocycles. The summed E-state index contributed by atoms with van der Waals surface area (Å²) in [6.45, 7) is 6.94. The third-order valence-corrected chi connectivity index (χ3v) is 4.38. The highest BCUT2D eigenvalue weighted by molar-refractivity contribution is 5.96. The molecule has 0 unspecified atom stereocenters. The van der Waals surface area contributed by atoms with Crippen molar-refractivity contribution in [3.8, 4) is 0 Å². The Morgan fingerprint density at radius 1 is 1.18 bits per heavy atom. The van der Waals surface area contributed by atoms with Gasteiger partial charge in [-0.1, -0.05) is 6.42 Å². The van der Waals surface area contributed by atoms with E-state index in [1.54, 1.807) is 0 Å². The van der Waals surface area contributed by atoms with Gasteiger partial charge in [0.2, 0.25) is 0 Å². The van der Waals surface area contributed by atoms with Gasteiger partial charge in [-0.15, -0.1) is 10.2 Å². The van der Waals surface area contributed by atoms with Crippen molar-refractivity contribution in [3.63, 3.8) is 0 Å². The zero-order valence-corrected chi connectivity index (χ0v) is 13.4. The quantitative estimate of drug-likeness (QED) is 0.945. The summed E-state index contributed by atoms with van der Waals surface area (Å²) in [5.74, 6) is 3.21. The number of carbonyl (C=O) groups excluding carboxylic acids is 1. The van der Waals surface area contributed by atoms with E-state index in [1.165, 1.54) is 6.42 Å². The maximum Gasteiger partial charge on any atom is 0.255 e. The van der Waals surface area contributed by atoms with Gasteiger partial charge in [0.1, 0.15) is 17.3 Å². The highest BCUT2D eigenvalue weighted by atomic mass is 16.3. The van der Waals surface area contributed by atoms with E-state index in [2.05, 4.69) is 20.1 Å². The van der Waals surface area contributed by atoms with Crippen molar-refractivity contribution in [2.45, 2.75) is 59.5 Å². The van der Waals surface area contributed by atoms with Crippen LogP contribution in [-0.2, 0) is 19.5 Å². The van der Waals surface area contributed by atoms with E-state index in [0.717, 1.165) is 48.8 Å². The Balaban J connectivity index is 1.73. The molecule has 0 saturated heterocycles. The smallest absolute Gasteiger partial charge is 0.255 e. The summed E-state index contributed by atoms with van der Waals surface area (Å²) in [6, 6.07) is 0. The Morgan fingerprint density at radius 3 is 2.73 bits per heavy atom. The molecular formula is C16H22N4O2. The van der Waals surface area contributed by atoms with Gasteiger partial charge in [0, 0.05) is 18.5 Å². The predicted octanol–water partition coefficient (Wildman–Crippen LogP) is 2.45. The lowest BCUT2D eigenvalue weighted by Crippen LogP contribution is -2.25. The molecule has 0 atom stereocenters. The maximum atomic E-state index is 12.4. The number of aryl methyl sites for hydroxylation is 3. The van der Waals surface area contributed by atoms with Gasteiger partial charge in [0.05, 0.1) is 12.1 Å². The zero-order valence-electron chi connectivity index (χ0n) is 13.4. The number of aromatic nitrogens is 3. The molecule has 6 nitrogen and oxygen atoms in total. The Hall–Kier alpha value is -2.11. The SMILES string of the molecule is Cc1oc(C)c(C(=O)NCc2nnc3n2CCCCC3)c1C. The van der Waals surface area contributed by atoms with Gasteiger partial charge in [-0.05, 0) is 33.6 Å². The van der Waals surface area contributed by atoms with Crippen LogP contribution in [-0.4, -0.2) is 20.7 Å². The largest absolute Gasteiger partial charge is 0.466 e. The van der Waals surface area contributed by atoms with Crippen molar-refractivity contribution in [2.75, 3.05) is 0 Å². The fraction of sp³-hybridized carbons (Fsp3) is 0.562. The molecule has 1 aliphatic rings. The predicted molar refractivity (Wildman–Crippen MR) is 81.7 cm³/mol. The minimum Gasteiger partial charge on any atom is -0.466 e. The Labute approximate surface area is 129 Å². The minimum atomic E-state index is -0.113. The number of nitrogens with zero attached hydrogens (tertiary/aromatic N) is 3. The topological polar surface area (TPSA) is 73.0 Å². The van der Waals surface area contributed by atoms with Crippen molar-refractivity contribution >= 4 is 5.91 Å². The van der Waals surface area contributed by atoms with Crippen LogP contribution in [0.5, 0.6) is 0 Å². The molecule has 0 aromatic carbocycles. The van der Waals surface area contributed by atoms with Gasteiger partial charge in [-0.2, -0.15) is 0 Å². The fourth-order valence-electron chi connectivity index (χ4n) is 3.05. The van der Waals surface area contributed by atoms with E-state index in [4.69, 9.17) is 4.42 Å². The highest BCUT2D eigenvalue weighted by Gasteiger charge is 2.20. The number of amides is 1. The second-order valence-corrected chi connectivity index (χ2v) is 5.89. The summed E-state index contributed by atoms with van der Waals surface area (Å²) in [5.41, 5.74) is 1.53. The number of hydrogen-bond acceptors (Lipinski definition) is 4. The standard InChI is InChI=1S/C16H22N4O2/c1-10-11(2)22-12(3)15(10)16(21)17-9-14-19-18-13-7-5-4-6-8-20(13)14/h4-9H2,1-3H3,(H,17,21). The summed E-state index contributed by atoms with van der Waals surface area (Å²) < 4.78 is 7.66. The lowest BCUT2D eigenvalue weighted by Gasteiger charge is -2.08. The highest BCUT2D eigenvalue weighted by Crippen LogP contribution is 2.20. The van der Waals surface area contributed by atoms with Crippen LogP contribution in [0.4, 0.5) is 0 Å². The third kappa shape index (κ3) is 2.65. The van der Waals surface area contributed by atoms with Crippen LogP contribution in [0.1, 0.15) is 58.4 Å². The first kappa shape index (κ1) is 14.8. The van der Waals surface area contributed by atoms with Gasteiger partial charge < -0.3 is 14.3 Å². The Morgan fingerprint density at radius 2 is 2.00 bits per heavy atom.